The van der Waals surface area contributed by atoms with Crippen molar-refractivity contribution in [2.75, 3.05) is 24.7 Å². The fraction of sp³-hybridized carbons (Fsp3) is 0.375. The summed E-state index contributed by atoms with van der Waals surface area (Å²) in [6.07, 6.45) is 2.92. The fourth-order valence-corrected chi connectivity index (χ4v) is 3.90. The zero-order chi connectivity index (χ0) is 18.5. The number of amides is 1. The predicted molar refractivity (Wildman–Crippen MR) is 96.3 cm³/mol. The minimum atomic E-state index is -0.445. The summed E-state index contributed by atoms with van der Waals surface area (Å²) >= 11 is 2.68. The molecule has 1 aliphatic heterocycles. The second-order valence-electron chi connectivity index (χ2n) is 5.18. The van der Waals surface area contributed by atoms with Crippen molar-refractivity contribution in [2.24, 2.45) is 0 Å². The highest BCUT2D eigenvalue weighted by Gasteiger charge is 2.27. The van der Waals surface area contributed by atoms with Crippen molar-refractivity contribution in [3.05, 3.63) is 29.2 Å². The minimum Gasteiger partial charge on any atom is -0.469 e. The van der Waals surface area contributed by atoms with Crippen LogP contribution in [0.4, 0.5) is 0 Å². The van der Waals surface area contributed by atoms with Gasteiger partial charge in [-0.2, -0.15) is 0 Å². The van der Waals surface area contributed by atoms with Crippen LogP contribution in [0.15, 0.2) is 37.5 Å². The molecule has 3 heterocycles. The topological polar surface area (TPSA) is 98.7 Å². The van der Waals surface area contributed by atoms with Gasteiger partial charge in [0.05, 0.1) is 35.3 Å². The average Bonchev–Trinajstić information content (AvgIpc) is 3.31. The summed E-state index contributed by atoms with van der Waals surface area (Å²) in [5, 5.41) is 9.02. The molecule has 0 atom stereocenters. The molecule has 26 heavy (non-hydrogen) atoms. The lowest BCUT2D eigenvalue weighted by Gasteiger charge is -2.15. The number of rotatable bonds is 7. The zero-order valence-electron chi connectivity index (χ0n) is 14.3. The Kier molecular flexibility index (Phi) is 6.04. The van der Waals surface area contributed by atoms with Crippen molar-refractivity contribution in [2.45, 2.75) is 19.1 Å². The van der Waals surface area contributed by atoms with Crippen LogP contribution in [0.3, 0.4) is 0 Å². The molecule has 2 aromatic heterocycles. The number of thioether (sulfide) groups is 2. The summed E-state index contributed by atoms with van der Waals surface area (Å²) < 4.78 is 15.7. The molecule has 2 aromatic rings. The van der Waals surface area contributed by atoms with Gasteiger partial charge >= 0.3 is 5.97 Å². The van der Waals surface area contributed by atoms with Crippen LogP contribution in [-0.2, 0) is 14.3 Å². The smallest absolute Gasteiger partial charge is 0.333 e. The fourth-order valence-electron chi connectivity index (χ4n) is 2.26. The Morgan fingerprint density at radius 1 is 1.50 bits per heavy atom. The van der Waals surface area contributed by atoms with Gasteiger partial charge in [0, 0.05) is 12.3 Å². The minimum absolute atomic E-state index is 0.0358. The molecule has 1 amide bonds. The van der Waals surface area contributed by atoms with Crippen molar-refractivity contribution in [1.82, 2.24) is 15.1 Å². The van der Waals surface area contributed by atoms with Gasteiger partial charge in [-0.05, 0) is 19.9 Å². The Balaban J connectivity index is 1.57. The lowest BCUT2D eigenvalue weighted by atomic mass is 10.3. The second-order valence-corrected chi connectivity index (χ2v) is 7.22. The molecule has 1 fully saturated rings. The number of hydrogen-bond donors (Lipinski definition) is 0. The van der Waals surface area contributed by atoms with Gasteiger partial charge in [-0.25, -0.2) is 4.79 Å². The second kappa shape index (κ2) is 8.45. The molecule has 0 spiro atoms. The van der Waals surface area contributed by atoms with Crippen molar-refractivity contribution in [3.63, 3.8) is 0 Å². The van der Waals surface area contributed by atoms with Crippen LogP contribution in [0, 0.1) is 6.92 Å². The van der Waals surface area contributed by atoms with Gasteiger partial charge in [-0.15, -0.1) is 10.2 Å². The summed E-state index contributed by atoms with van der Waals surface area (Å²) in [7, 11) is 0. The van der Waals surface area contributed by atoms with Crippen molar-refractivity contribution in [1.29, 1.82) is 0 Å². The Bertz CT molecular complexity index is 829. The van der Waals surface area contributed by atoms with E-state index in [4.69, 9.17) is 13.6 Å². The van der Waals surface area contributed by atoms with Crippen LogP contribution in [0.2, 0.25) is 0 Å². The maximum atomic E-state index is 12.0. The highest BCUT2D eigenvalue weighted by Crippen LogP contribution is 2.30. The molecule has 1 saturated heterocycles. The van der Waals surface area contributed by atoms with Crippen LogP contribution in [0.5, 0.6) is 0 Å². The van der Waals surface area contributed by atoms with E-state index in [1.54, 1.807) is 24.2 Å². The number of carbonyl (C=O) groups excluding carboxylic acids is 2. The van der Waals surface area contributed by atoms with E-state index >= 15 is 0 Å². The third kappa shape index (κ3) is 4.31. The molecule has 0 bridgehead atoms. The first-order valence-corrected chi connectivity index (χ1v) is 9.88. The molecule has 0 radical (unpaired) electrons. The Hall–Kier alpha value is -2.20. The van der Waals surface area contributed by atoms with E-state index in [-0.39, 0.29) is 5.91 Å². The number of nitrogens with zero attached hydrogens (tertiary/aromatic N) is 3. The summed E-state index contributed by atoms with van der Waals surface area (Å²) in [6, 6.07) is 1.77. The van der Waals surface area contributed by atoms with E-state index in [0.717, 1.165) is 5.56 Å². The normalized spacial score (nSPS) is 15.8. The molecular formula is C16H17N3O5S2. The van der Waals surface area contributed by atoms with Crippen LogP contribution < -0.4 is 0 Å². The van der Waals surface area contributed by atoms with E-state index in [1.807, 2.05) is 6.92 Å². The Labute approximate surface area is 158 Å². The van der Waals surface area contributed by atoms with Gasteiger partial charge in [-0.1, -0.05) is 23.5 Å². The van der Waals surface area contributed by atoms with Gasteiger partial charge in [0.15, 0.2) is 0 Å². The maximum absolute atomic E-state index is 12.0. The van der Waals surface area contributed by atoms with Gasteiger partial charge in [0.2, 0.25) is 5.91 Å². The summed E-state index contributed by atoms with van der Waals surface area (Å²) in [4.78, 5) is 25.2. The summed E-state index contributed by atoms with van der Waals surface area (Å²) in [5.74, 6) is 1.50. The van der Waals surface area contributed by atoms with Crippen molar-refractivity contribution >= 4 is 35.4 Å². The molecule has 0 aliphatic carbocycles. The third-order valence-corrected chi connectivity index (χ3v) is 5.30. The van der Waals surface area contributed by atoms with Gasteiger partial charge in [0.1, 0.15) is 5.76 Å². The maximum Gasteiger partial charge on any atom is 0.333 e. The molecule has 0 aromatic carbocycles. The van der Waals surface area contributed by atoms with E-state index in [0.29, 0.717) is 46.6 Å². The Morgan fingerprint density at radius 2 is 2.35 bits per heavy atom. The average molecular weight is 395 g/mol. The molecule has 10 heteroatoms. The van der Waals surface area contributed by atoms with Gasteiger partial charge in [-0.3, -0.25) is 4.79 Å². The highest BCUT2D eigenvalue weighted by molar-refractivity contribution is 8.04. The summed E-state index contributed by atoms with van der Waals surface area (Å²) in [5.41, 5.74) is 0.759. The van der Waals surface area contributed by atoms with Crippen molar-refractivity contribution < 1.29 is 23.2 Å². The molecule has 0 saturated carbocycles. The first-order valence-electron chi connectivity index (χ1n) is 7.91. The number of ether oxygens (including phenoxy) is 1. The zero-order valence-corrected chi connectivity index (χ0v) is 15.9. The number of esters is 1. The standard InChI is InChI=1S/C16H17N3O5S2/c1-3-22-14(21)8-13-19(12(20)9-26-13)5-7-25-16-18-17-15(24-16)11-4-6-23-10(11)2/h4,6,8H,3,5,7,9H2,1-2H3/b13-8-. The van der Waals surface area contributed by atoms with Crippen LogP contribution in [0.1, 0.15) is 12.7 Å². The monoisotopic (exact) mass is 395 g/mol. The number of carbonyl (C=O) groups is 2. The first-order chi connectivity index (χ1) is 12.6. The van der Waals surface area contributed by atoms with Gasteiger partial charge < -0.3 is 18.5 Å². The summed E-state index contributed by atoms with van der Waals surface area (Å²) in [6.45, 7) is 4.29. The number of aromatic nitrogens is 2. The molecule has 1 aliphatic rings. The quantitative estimate of drug-likeness (QED) is 0.398. The molecule has 138 valence electrons. The van der Waals surface area contributed by atoms with Crippen LogP contribution >= 0.6 is 23.5 Å². The lowest BCUT2D eigenvalue weighted by molar-refractivity contribution is -0.137. The van der Waals surface area contributed by atoms with E-state index < -0.39 is 5.97 Å². The largest absolute Gasteiger partial charge is 0.469 e. The van der Waals surface area contributed by atoms with E-state index in [2.05, 4.69) is 10.2 Å². The van der Waals surface area contributed by atoms with E-state index in [9.17, 15) is 9.59 Å². The number of furan rings is 1. The first kappa shape index (κ1) is 18.6. The predicted octanol–water partition coefficient (Wildman–Crippen LogP) is 2.71. The Morgan fingerprint density at radius 3 is 3.08 bits per heavy atom. The number of aryl methyl sites for hydroxylation is 1. The van der Waals surface area contributed by atoms with Gasteiger partial charge in [0.25, 0.3) is 11.1 Å². The number of hydrogen-bond acceptors (Lipinski definition) is 9. The molecular weight excluding hydrogens is 378 g/mol. The third-order valence-electron chi connectivity index (χ3n) is 3.47. The molecule has 0 unspecified atom stereocenters. The van der Waals surface area contributed by atoms with Crippen molar-refractivity contribution in [3.8, 4) is 11.5 Å². The lowest BCUT2D eigenvalue weighted by Crippen LogP contribution is -2.27. The van der Waals surface area contributed by atoms with Crippen LogP contribution in [-0.4, -0.2) is 51.6 Å². The van der Waals surface area contributed by atoms with E-state index in [1.165, 1.54) is 29.6 Å². The van der Waals surface area contributed by atoms with Crippen LogP contribution in [0.25, 0.3) is 11.5 Å². The highest BCUT2D eigenvalue weighted by atomic mass is 32.2. The molecule has 8 nitrogen and oxygen atoms in total. The molecule has 3 rings (SSSR count). The SMILES string of the molecule is CCOC(=O)/C=C1\SCC(=O)N1CCSc1nnc(-c2ccoc2C)o1. The molecule has 0 N–H and O–H groups in total.